The summed E-state index contributed by atoms with van der Waals surface area (Å²) in [5, 5.41) is 6.00. The van der Waals surface area contributed by atoms with Crippen LogP contribution < -0.4 is 10.6 Å². The number of nitrogens with zero attached hydrogens (tertiary/aromatic N) is 1. The summed E-state index contributed by atoms with van der Waals surface area (Å²) in [5.41, 5.74) is -0.315. The molecular weight excluding hydrogens is 206 g/mol. The number of hydrogen-bond acceptors (Lipinski definition) is 3. The summed E-state index contributed by atoms with van der Waals surface area (Å²) in [4.78, 5) is 25.4. The van der Waals surface area contributed by atoms with E-state index < -0.39 is 0 Å². The number of carbonyl (C=O) groups is 2. The van der Waals surface area contributed by atoms with E-state index in [2.05, 4.69) is 10.6 Å². The maximum Gasteiger partial charge on any atom is 0.239 e. The van der Waals surface area contributed by atoms with E-state index in [1.54, 1.807) is 4.90 Å². The molecule has 0 aromatic rings. The Morgan fingerprint density at radius 2 is 2.25 bits per heavy atom. The smallest absolute Gasteiger partial charge is 0.239 e. The van der Waals surface area contributed by atoms with Crippen molar-refractivity contribution >= 4 is 11.8 Å². The quantitative estimate of drug-likeness (QED) is 0.622. The molecule has 1 atom stereocenters. The van der Waals surface area contributed by atoms with Crippen molar-refractivity contribution in [2.75, 3.05) is 32.7 Å². The van der Waals surface area contributed by atoms with Gasteiger partial charge < -0.3 is 15.5 Å². The molecule has 2 saturated heterocycles. The highest BCUT2D eigenvalue weighted by Crippen LogP contribution is 2.27. The predicted octanol–water partition coefficient (Wildman–Crippen LogP) is -0.665. The predicted molar refractivity (Wildman–Crippen MR) is 59.8 cm³/mol. The fraction of sp³-hybridized carbons (Fsp3) is 0.818. The summed E-state index contributed by atoms with van der Waals surface area (Å²) < 4.78 is 0. The second-order valence-corrected chi connectivity index (χ2v) is 4.92. The van der Waals surface area contributed by atoms with Crippen molar-refractivity contribution in [2.45, 2.75) is 19.8 Å². The maximum atomic E-state index is 12.3. The fourth-order valence-electron chi connectivity index (χ4n) is 2.36. The second-order valence-electron chi connectivity index (χ2n) is 4.92. The molecule has 90 valence electrons. The Balaban J connectivity index is 2.05. The third-order valence-electron chi connectivity index (χ3n) is 3.43. The zero-order valence-corrected chi connectivity index (χ0v) is 9.71. The van der Waals surface area contributed by atoms with Crippen molar-refractivity contribution in [3.63, 3.8) is 0 Å². The Morgan fingerprint density at radius 3 is 2.94 bits per heavy atom. The number of amides is 2. The lowest BCUT2D eigenvalue weighted by molar-refractivity contribution is -0.142. The van der Waals surface area contributed by atoms with Crippen LogP contribution in [0.15, 0.2) is 0 Å². The van der Waals surface area contributed by atoms with Crippen LogP contribution in [0.2, 0.25) is 0 Å². The van der Waals surface area contributed by atoms with Gasteiger partial charge in [0.05, 0.1) is 12.0 Å². The highest BCUT2D eigenvalue weighted by molar-refractivity contribution is 5.88. The van der Waals surface area contributed by atoms with Gasteiger partial charge in [0, 0.05) is 19.6 Å². The first kappa shape index (κ1) is 11.4. The van der Waals surface area contributed by atoms with Gasteiger partial charge in [-0.2, -0.15) is 0 Å². The van der Waals surface area contributed by atoms with E-state index in [4.69, 9.17) is 0 Å². The van der Waals surface area contributed by atoms with Crippen LogP contribution in [0.4, 0.5) is 0 Å². The molecule has 5 heteroatoms. The van der Waals surface area contributed by atoms with Gasteiger partial charge >= 0.3 is 0 Å². The molecule has 0 spiro atoms. The average Bonchev–Trinajstić information content (AvgIpc) is 2.58. The van der Waals surface area contributed by atoms with Crippen LogP contribution in [0.5, 0.6) is 0 Å². The second kappa shape index (κ2) is 4.41. The maximum absolute atomic E-state index is 12.3. The van der Waals surface area contributed by atoms with Gasteiger partial charge in [-0.15, -0.1) is 0 Å². The van der Waals surface area contributed by atoms with Gasteiger partial charge in [-0.25, -0.2) is 0 Å². The number of nitrogens with one attached hydrogen (secondary N) is 2. The van der Waals surface area contributed by atoms with Crippen molar-refractivity contribution in [2.24, 2.45) is 5.41 Å². The summed E-state index contributed by atoms with van der Waals surface area (Å²) >= 11 is 0. The molecule has 0 radical (unpaired) electrons. The normalized spacial score (nSPS) is 31.1. The lowest BCUT2D eigenvalue weighted by Gasteiger charge is -2.29. The zero-order valence-electron chi connectivity index (χ0n) is 9.71. The third-order valence-corrected chi connectivity index (χ3v) is 3.43. The van der Waals surface area contributed by atoms with Gasteiger partial charge in [0.25, 0.3) is 0 Å². The highest BCUT2D eigenvalue weighted by Gasteiger charge is 2.39. The monoisotopic (exact) mass is 225 g/mol. The molecule has 0 aromatic heterocycles. The molecule has 0 bridgehead atoms. The molecule has 5 nitrogen and oxygen atoms in total. The summed E-state index contributed by atoms with van der Waals surface area (Å²) in [6, 6.07) is 0. The van der Waals surface area contributed by atoms with E-state index in [9.17, 15) is 9.59 Å². The third kappa shape index (κ3) is 2.19. The summed E-state index contributed by atoms with van der Waals surface area (Å²) in [5.74, 6) is 0.0787. The van der Waals surface area contributed by atoms with Gasteiger partial charge in [0.15, 0.2) is 0 Å². The number of hydrogen-bond donors (Lipinski definition) is 2. The standard InChI is InChI=1S/C11H19N3O2/c1-11(3-5-12-8-11)10(16)14-6-2-4-13-9(15)7-14/h12H,2-8H2,1H3,(H,13,15). The molecule has 2 aliphatic rings. The van der Waals surface area contributed by atoms with Crippen LogP contribution in [0.1, 0.15) is 19.8 Å². The van der Waals surface area contributed by atoms with E-state index in [0.29, 0.717) is 13.1 Å². The molecule has 2 N–H and O–H groups in total. The fourth-order valence-corrected chi connectivity index (χ4v) is 2.36. The van der Waals surface area contributed by atoms with Crippen molar-refractivity contribution in [3.05, 3.63) is 0 Å². The van der Waals surface area contributed by atoms with Gasteiger partial charge in [-0.3, -0.25) is 9.59 Å². The van der Waals surface area contributed by atoms with Crippen LogP contribution in [0.25, 0.3) is 0 Å². The average molecular weight is 225 g/mol. The molecule has 2 amide bonds. The number of carbonyl (C=O) groups excluding carboxylic acids is 2. The van der Waals surface area contributed by atoms with Crippen molar-refractivity contribution in [1.82, 2.24) is 15.5 Å². The molecule has 2 heterocycles. The van der Waals surface area contributed by atoms with Crippen LogP contribution in [0, 0.1) is 5.41 Å². The lowest BCUT2D eigenvalue weighted by atomic mass is 9.88. The topological polar surface area (TPSA) is 61.4 Å². The molecule has 0 aliphatic carbocycles. The Labute approximate surface area is 95.6 Å². The molecule has 0 aromatic carbocycles. The summed E-state index contributed by atoms with van der Waals surface area (Å²) in [6.45, 7) is 5.18. The Kier molecular flexibility index (Phi) is 3.14. The molecule has 1 unspecified atom stereocenters. The molecule has 2 fully saturated rings. The van der Waals surface area contributed by atoms with E-state index in [1.165, 1.54) is 0 Å². The van der Waals surface area contributed by atoms with Crippen molar-refractivity contribution < 1.29 is 9.59 Å². The summed E-state index contributed by atoms with van der Waals surface area (Å²) in [7, 11) is 0. The Hall–Kier alpha value is -1.10. The van der Waals surface area contributed by atoms with Crippen molar-refractivity contribution in [1.29, 1.82) is 0 Å². The molecule has 2 aliphatic heterocycles. The molecule has 0 saturated carbocycles. The molecular formula is C11H19N3O2. The van der Waals surface area contributed by atoms with Crippen molar-refractivity contribution in [3.8, 4) is 0 Å². The minimum absolute atomic E-state index is 0.0413. The van der Waals surface area contributed by atoms with E-state index in [-0.39, 0.29) is 23.8 Å². The molecule has 16 heavy (non-hydrogen) atoms. The van der Waals surface area contributed by atoms with E-state index >= 15 is 0 Å². The van der Waals surface area contributed by atoms with Gasteiger partial charge in [0.2, 0.25) is 11.8 Å². The van der Waals surface area contributed by atoms with E-state index in [1.807, 2.05) is 6.92 Å². The summed E-state index contributed by atoms with van der Waals surface area (Å²) in [6.07, 6.45) is 1.71. The Bertz CT molecular complexity index is 298. The van der Waals surface area contributed by atoms with Crippen LogP contribution in [-0.2, 0) is 9.59 Å². The Morgan fingerprint density at radius 1 is 1.44 bits per heavy atom. The highest BCUT2D eigenvalue weighted by atomic mass is 16.2. The molecule has 2 rings (SSSR count). The van der Waals surface area contributed by atoms with Gasteiger partial charge in [-0.1, -0.05) is 0 Å². The number of rotatable bonds is 1. The first-order valence-electron chi connectivity index (χ1n) is 5.89. The van der Waals surface area contributed by atoms with Gasteiger partial charge in [-0.05, 0) is 26.3 Å². The zero-order chi connectivity index (χ0) is 11.6. The SMILES string of the molecule is CC1(C(=O)N2CCCNC(=O)C2)CCNC1. The minimum Gasteiger partial charge on any atom is -0.354 e. The van der Waals surface area contributed by atoms with Gasteiger partial charge in [0.1, 0.15) is 0 Å². The van der Waals surface area contributed by atoms with Crippen LogP contribution in [0.3, 0.4) is 0 Å². The van der Waals surface area contributed by atoms with E-state index in [0.717, 1.165) is 25.9 Å². The van der Waals surface area contributed by atoms with Crippen LogP contribution >= 0.6 is 0 Å². The minimum atomic E-state index is -0.315. The first-order chi connectivity index (χ1) is 7.62. The lowest BCUT2D eigenvalue weighted by Crippen LogP contribution is -2.46. The first-order valence-corrected chi connectivity index (χ1v) is 5.89. The van der Waals surface area contributed by atoms with Crippen LogP contribution in [-0.4, -0.2) is 49.4 Å². The largest absolute Gasteiger partial charge is 0.354 e.